The minimum atomic E-state index is -0.597. The fourth-order valence-corrected chi connectivity index (χ4v) is 1.06. The molecule has 0 unspecified atom stereocenters. The van der Waals surface area contributed by atoms with Crippen LogP contribution < -0.4 is 0 Å². The number of hydrogen-bond acceptors (Lipinski definition) is 4. The lowest BCUT2D eigenvalue weighted by atomic mass is 10.0. The smallest absolute Gasteiger partial charge is 0.243 e. The highest BCUT2D eigenvalue weighted by atomic mass is 16.3. The second-order valence-corrected chi connectivity index (χ2v) is 3.05. The van der Waals surface area contributed by atoms with Crippen molar-refractivity contribution >= 4 is 23.2 Å². The van der Waals surface area contributed by atoms with Gasteiger partial charge in [0.05, 0.1) is 5.57 Å². The third kappa shape index (κ3) is 3.84. The number of rotatable bonds is 3. The van der Waals surface area contributed by atoms with Crippen molar-refractivity contribution < 1.29 is 19.5 Å². The lowest BCUT2D eigenvalue weighted by Gasteiger charge is -2.05. The van der Waals surface area contributed by atoms with Crippen LogP contribution in [0.15, 0.2) is 16.3 Å². The largest absolute Gasteiger partial charge is 0.512 e. The van der Waals surface area contributed by atoms with Crippen molar-refractivity contribution in [2.24, 2.45) is 4.99 Å². The van der Waals surface area contributed by atoms with Crippen LogP contribution in [0.4, 0.5) is 0 Å². The summed E-state index contributed by atoms with van der Waals surface area (Å²) in [7, 11) is 0. The number of ketones is 2. The van der Waals surface area contributed by atoms with Crippen LogP contribution in [0.25, 0.3) is 0 Å². The molecule has 0 saturated heterocycles. The van der Waals surface area contributed by atoms with E-state index in [1.54, 1.807) is 0 Å². The molecule has 0 fully saturated rings. The molecule has 1 amide bonds. The van der Waals surface area contributed by atoms with Gasteiger partial charge in [0.1, 0.15) is 11.5 Å². The van der Waals surface area contributed by atoms with Crippen LogP contribution in [-0.2, 0) is 14.4 Å². The van der Waals surface area contributed by atoms with Crippen molar-refractivity contribution in [2.45, 2.75) is 27.7 Å². The maximum Gasteiger partial charge on any atom is 0.243 e. The molecule has 0 atom stereocenters. The Labute approximate surface area is 87.5 Å². The van der Waals surface area contributed by atoms with Gasteiger partial charge < -0.3 is 5.11 Å². The maximum absolute atomic E-state index is 11.2. The van der Waals surface area contributed by atoms with E-state index in [9.17, 15) is 19.5 Å². The van der Waals surface area contributed by atoms with E-state index in [0.717, 1.165) is 6.92 Å². The lowest BCUT2D eigenvalue weighted by molar-refractivity contribution is -0.116. The topological polar surface area (TPSA) is 83.8 Å². The first-order valence-corrected chi connectivity index (χ1v) is 4.28. The summed E-state index contributed by atoms with van der Waals surface area (Å²) in [5.74, 6) is -1.97. The molecule has 15 heavy (non-hydrogen) atoms. The number of carbonyl (C=O) groups excluding carboxylic acids is 3. The first-order valence-electron chi connectivity index (χ1n) is 4.28. The first kappa shape index (κ1) is 13.2. The molecule has 0 spiro atoms. The molecule has 0 aliphatic rings. The molecular formula is C10H13NO4. The average Bonchev–Trinajstić information content (AvgIpc) is 2.00. The summed E-state index contributed by atoms with van der Waals surface area (Å²) < 4.78 is 0. The molecule has 5 heteroatoms. The zero-order valence-electron chi connectivity index (χ0n) is 9.12. The Morgan fingerprint density at radius 2 is 1.40 bits per heavy atom. The highest BCUT2D eigenvalue weighted by Crippen LogP contribution is 2.07. The number of allylic oxidation sites excluding steroid dienone is 2. The third-order valence-corrected chi connectivity index (χ3v) is 1.55. The maximum atomic E-state index is 11.2. The van der Waals surface area contributed by atoms with Crippen LogP contribution in [0.2, 0.25) is 0 Å². The Bertz CT molecular complexity index is 373. The van der Waals surface area contributed by atoms with Crippen molar-refractivity contribution in [3.8, 4) is 0 Å². The fourth-order valence-electron chi connectivity index (χ4n) is 1.06. The number of aliphatic hydroxyl groups is 1. The zero-order valence-corrected chi connectivity index (χ0v) is 9.12. The molecule has 0 rings (SSSR count). The van der Waals surface area contributed by atoms with E-state index in [1.165, 1.54) is 20.8 Å². The highest BCUT2D eigenvalue weighted by molar-refractivity contribution is 6.52. The van der Waals surface area contributed by atoms with Gasteiger partial charge in [0.25, 0.3) is 0 Å². The van der Waals surface area contributed by atoms with E-state index in [-0.39, 0.29) is 17.0 Å². The van der Waals surface area contributed by atoms with E-state index in [4.69, 9.17) is 0 Å². The van der Waals surface area contributed by atoms with Gasteiger partial charge in [-0.05, 0) is 13.8 Å². The van der Waals surface area contributed by atoms with Crippen LogP contribution in [-0.4, -0.2) is 28.3 Å². The second-order valence-electron chi connectivity index (χ2n) is 3.05. The molecule has 0 aromatic rings. The number of aliphatic imine (C=N–C) groups is 1. The summed E-state index contributed by atoms with van der Waals surface area (Å²) in [6.07, 6.45) is 0. The predicted molar refractivity (Wildman–Crippen MR) is 54.8 cm³/mol. The molecule has 0 heterocycles. The monoisotopic (exact) mass is 211 g/mol. The van der Waals surface area contributed by atoms with Crippen LogP contribution in [0.3, 0.4) is 0 Å². The van der Waals surface area contributed by atoms with Gasteiger partial charge >= 0.3 is 0 Å². The minimum Gasteiger partial charge on any atom is -0.512 e. The Balaban J connectivity index is 5.64. The third-order valence-electron chi connectivity index (χ3n) is 1.55. The predicted octanol–water partition coefficient (Wildman–Crippen LogP) is 0.984. The molecule has 0 aliphatic heterocycles. The van der Waals surface area contributed by atoms with Crippen LogP contribution in [0.5, 0.6) is 0 Å². The number of Topliss-reactive ketones (excluding diaryl/α,β-unsaturated/α-hetero) is 2. The van der Waals surface area contributed by atoms with Gasteiger partial charge in [-0.3, -0.25) is 14.4 Å². The number of carbonyl (C=O) groups is 3. The van der Waals surface area contributed by atoms with Gasteiger partial charge in [0.15, 0.2) is 11.6 Å². The molecule has 0 aromatic carbocycles. The molecule has 0 aliphatic carbocycles. The van der Waals surface area contributed by atoms with Gasteiger partial charge in [-0.1, -0.05) is 0 Å². The Kier molecular flexibility index (Phi) is 4.57. The van der Waals surface area contributed by atoms with Gasteiger partial charge in [0, 0.05) is 13.8 Å². The Morgan fingerprint density at radius 1 is 0.933 bits per heavy atom. The van der Waals surface area contributed by atoms with E-state index < -0.39 is 17.5 Å². The van der Waals surface area contributed by atoms with Crippen LogP contribution in [0, 0.1) is 0 Å². The van der Waals surface area contributed by atoms with Crippen molar-refractivity contribution in [3.63, 3.8) is 0 Å². The molecule has 0 aromatic heterocycles. The number of amides is 1. The van der Waals surface area contributed by atoms with Gasteiger partial charge in [-0.15, -0.1) is 0 Å². The van der Waals surface area contributed by atoms with Gasteiger partial charge in [-0.25, -0.2) is 4.99 Å². The Morgan fingerprint density at radius 3 is 1.60 bits per heavy atom. The molecule has 0 saturated carbocycles. The SMILES string of the molecule is CC(=O)N=C(C(C)=O)/C(C(C)=O)=C(/C)O. The number of nitrogens with zero attached hydrogens (tertiary/aromatic N) is 1. The standard InChI is InChI=1S/C10H13NO4/c1-5(12)9(6(2)13)10(7(3)14)11-8(4)15/h12H,1-4H3/b9-5-,11-10?. The van der Waals surface area contributed by atoms with Gasteiger partial charge in [0.2, 0.25) is 5.91 Å². The normalized spacial score (nSPS) is 13.2. The first-order chi connectivity index (χ1) is 6.77. The van der Waals surface area contributed by atoms with E-state index in [1.807, 2.05) is 0 Å². The second kappa shape index (κ2) is 5.19. The van der Waals surface area contributed by atoms with Crippen molar-refractivity contribution in [2.75, 3.05) is 0 Å². The van der Waals surface area contributed by atoms with E-state index in [2.05, 4.69) is 4.99 Å². The summed E-state index contributed by atoms with van der Waals surface area (Å²) in [5, 5.41) is 9.23. The molecule has 1 N–H and O–H groups in total. The zero-order chi connectivity index (χ0) is 12.2. The number of hydrogen-bond donors (Lipinski definition) is 1. The van der Waals surface area contributed by atoms with Crippen molar-refractivity contribution in [3.05, 3.63) is 11.3 Å². The summed E-state index contributed by atoms with van der Waals surface area (Å²) in [4.78, 5) is 36.5. The van der Waals surface area contributed by atoms with E-state index in [0.29, 0.717) is 0 Å². The Hall–Kier alpha value is -1.78. The summed E-state index contributed by atoms with van der Waals surface area (Å²) in [5.41, 5.74) is -0.507. The average molecular weight is 211 g/mol. The molecular weight excluding hydrogens is 198 g/mol. The highest BCUT2D eigenvalue weighted by Gasteiger charge is 2.20. The van der Waals surface area contributed by atoms with Crippen molar-refractivity contribution in [1.82, 2.24) is 0 Å². The van der Waals surface area contributed by atoms with Crippen LogP contribution in [0.1, 0.15) is 27.7 Å². The summed E-state index contributed by atoms with van der Waals surface area (Å²) in [6, 6.07) is 0. The van der Waals surface area contributed by atoms with Crippen molar-refractivity contribution in [1.29, 1.82) is 0 Å². The summed E-state index contributed by atoms with van der Waals surface area (Å²) >= 11 is 0. The number of aliphatic hydroxyl groups excluding tert-OH is 1. The lowest BCUT2D eigenvalue weighted by Crippen LogP contribution is -2.21. The molecule has 0 radical (unpaired) electrons. The van der Waals surface area contributed by atoms with E-state index >= 15 is 0 Å². The fraction of sp³-hybridized carbons (Fsp3) is 0.400. The quantitative estimate of drug-likeness (QED) is 0.428. The molecule has 0 bridgehead atoms. The summed E-state index contributed by atoms with van der Waals surface area (Å²) in [6.45, 7) is 4.78. The molecule has 82 valence electrons. The van der Waals surface area contributed by atoms with Gasteiger partial charge in [-0.2, -0.15) is 0 Å². The van der Waals surface area contributed by atoms with Crippen LogP contribution >= 0.6 is 0 Å². The molecule has 5 nitrogen and oxygen atoms in total. The minimum absolute atomic E-state index is 0.210.